The summed E-state index contributed by atoms with van der Waals surface area (Å²) in [6, 6.07) is 0. The zero-order valence-corrected chi connectivity index (χ0v) is 11.0. The maximum atomic E-state index is 5.52. The minimum atomic E-state index is 0.442. The van der Waals surface area contributed by atoms with Crippen molar-refractivity contribution >= 4 is 0 Å². The molecule has 0 aliphatic carbocycles. The fraction of sp³-hybridized carbons (Fsp3) is 1.00. The molecule has 0 aromatic carbocycles. The lowest BCUT2D eigenvalue weighted by atomic mass is 9.95. The first kappa shape index (κ1) is 13.9. The molecule has 3 nitrogen and oxygen atoms in total. The number of hydrogen-bond donors (Lipinski definition) is 1. The van der Waals surface area contributed by atoms with Crippen molar-refractivity contribution < 1.29 is 4.74 Å². The molecule has 1 rings (SSSR count). The second kappa shape index (κ2) is 8.04. The van der Waals surface area contributed by atoms with Crippen molar-refractivity contribution in [2.24, 2.45) is 11.7 Å². The zero-order valence-electron chi connectivity index (χ0n) is 11.0. The Bertz CT molecular complexity index is 175. The quantitative estimate of drug-likeness (QED) is 0.676. The largest absolute Gasteiger partial charge is 0.380 e. The van der Waals surface area contributed by atoms with E-state index in [4.69, 9.17) is 10.5 Å². The Morgan fingerprint density at radius 2 is 2.00 bits per heavy atom. The molecular weight excluding hydrogens is 200 g/mol. The number of nitrogens with two attached hydrogens (primary N) is 1. The Labute approximate surface area is 100 Å². The van der Waals surface area contributed by atoms with Gasteiger partial charge in [0.05, 0.1) is 6.10 Å². The average Bonchev–Trinajstić information content (AvgIpc) is 2.31. The molecule has 16 heavy (non-hydrogen) atoms. The van der Waals surface area contributed by atoms with Crippen LogP contribution < -0.4 is 5.73 Å². The fourth-order valence-electron chi connectivity index (χ4n) is 2.44. The highest BCUT2D eigenvalue weighted by Crippen LogP contribution is 2.19. The van der Waals surface area contributed by atoms with Crippen LogP contribution in [0.2, 0.25) is 0 Å². The van der Waals surface area contributed by atoms with Crippen LogP contribution in [0.1, 0.15) is 39.0 Å². The van der Waals surface area contributed by atoms with E-state index in [1.165, 1.54) is 45.2 Å². The van der Waals surface area contributed by atoms with E-state index in [-0.39, 0.29) is 0 Å². The molecule has 2 atom stereocenters. The van der Waals surface area contributed by atoms with Gasteiger partial charge in [-0.3, -0.25) is 0 Å². The van der Waals surface area contributed by atoms with Crippen LogP contribution in [0.5, 0.6) is 0 Å². The highest BCUT2D eigenvalue weighted by molar-refractivity contribution is 4.78. The van der Waals surface area contributed by atoms with Crippen LogP contribution in [-0.2, 0) is 4.74 Å². The predicted octanol–water partition coefficient (Wildman–Crippen LogP) is 1.86. The summed E-state index contributed by atoms with van der Waals surface area (Å²) in [6.45, 7) is 6.74. The van der Waals surface area contributed by atoms with Gasteiger partial charge in [-0.2, -0.15) is 0 Å². The number of piperidine rings is 1. The zero-order chi connectivity index (χ0) is 11.8. The lowest BCUT2D eigenvalue weighted by Gasteiger charge is -2.36. The molecule has 0 saturated carbocycles. The van der Waals surface area contributed by atoms with Crippen LogP contribution in [0.15, 0.2) is 0 Å². The molecule has 3 heteroatoms. The Morgan fingerprint density at radius 3 is 2.69 bits per heavy atom. The topological polar surface area (TPSA) is 38.5 Å². The van der Waals surface area contributed by atoms with Crippen molar-refractivity contribution in [3.05, 3.63) is 0 Å². The summed E-state index contributed by atoms with van der Waals surface area (Å²) in [5, 5.41) is 0. The van der Waals surface area contributed by atoms with Crippen LogP contribution in [0, 0.1) is 5.92 Å². The van der Waals surface area contributed by atoms with Crippen LogP contribution in [0.4, 0.5) is 0 Å². The molecule has 0 radical (unpaired) electrons. The monoisotopic (exact) mass is 228 g/mol. The van der Waals surface area contributed by atoms with E-state index in [0.29, 0.717) is 6.10 Å². The van der Waals surface area contributed by atoms with E-state index in [9.17, 15) is 0 Å². The Kier molecular flexibility index (Phi) is 7.01. The first-order chi connectivity index (χ1) is 7.77. The van der Waals surface area contributed by atoms with E-state index in [1.54, 1.807) is 0 Å². The molecule has 1 saturated heterocycles. The van der Waals surface area contributed by atoms with Crippen molar-refractivity contribution in [3.8, 4) is 0 Å². The van der Waals surface area contributed by atoms with Gasteiger partial charge < -0.3 is 15.4 Å². The number of hydrogen-bond acceptors (Lipinski definition) is 3. The first-order valence-corrected chi connectivity index (χ1v) is 6.73. The third-order valence-corrected chi connectivity index (χ3v) is 3.70. The first-order valence-electron chi connectivity index (χ1n) is 6.73. The SMILES string of the molecule is COC1CN(CCCCCCN)CCC1C. The van der Waals surface area contributed by atoms with Gasteiger partial charge in [-0.15, -0.1) is 0 Å². The molecule has 0 bridgehead atoms. The summed E-state index contributed by atoms with van der Waals surface area (Å²) >= 11 is 0. The molecule has 1 aliphatic rings. The van der Waals surface area contributed by atoms with Gasteiger partial charge in [0.25, 0.3) is 0 Å². The lowest BCUT2D eigenvalue weighted by molar-refractivity contribution is -0.00525. The molecule has 0 amide bonds. The molecular formula is C13H28N2O. The molecule has 1 aliphatic heterocycles. The third kappa shape index (κ3) is 4.81. The maximum absolute atomic E-state index is 5.52. The molecule has 0 aromatic rings. The lowest BCUT2D eigenvalue weighted by Crippen LogP contribution is -2.44. The van der Waals surface area contributed by atoms with Gasteiger partial charge in [0.1, 0.15) is 0 Å². The number of ether oxygens (including phenoxy) is 1. The Morgan fingerprint density at radius 1 is 1.25 bits per heavy atom. The average molecular weight is 228 g/mol. The van der Waals surface area contributed by atoms with E-state index >= 15 is 0 Å². The normalized spacial score (nSPS) is 27.2. The summed E-state index contributed by atoms with van der Waals surface area (Å²) < 4.78 is 5.52. The van der Waals surface area contributed by atoms with Gasteiger partial charge in [0, 0.05) is 13.7 Å². The van der Waals surface area contributed by atoms with E-state index < -0.39 is 0 Å². The summed E-state index contributed by atoms with van der Waals surface area (Å²) in [4.78, 5) is 2.55. The minimum absolute atomic E-state index is 0.442. The smallest absolute Gasteiger partial charge is 0.0724 e. The van der Waals surface area contributed by atoms with Crippen molar-refractivity contribution in [1.29, 1.82) is 0 Å². The van der Waals surface area contributed by atoms with Crippen molar-refractivity contribution in [3.63, 3.8) is 0 Å². The predicted molar refractivity (Wildman–Crippen MR) is 68.5 cm³/mol. The maximum Gasteiger partial charge on any atom is 0.0724 e. The summed E-state index contributed by atoms with van der Waals surface area (Å²) in [7, 11) is 1.84. The highest BCUT2D eigenvalue weighted by Gasteiger charge is 2.25. The minimum Gasteiger partial charge on any atom is -0.380 e. The number of rotatable bonds is 7. The molecule has 96 valence electrons. The van der Waals surface area contributed by atoms with Gasteiger partial charge in [-0.05, 0) is 44.8 Å². The molecule has 2 unspecified atom stereocenters. The van der Waals surface area contributed by atoms with Gasteiger partial charge in [0.2, 0.25) is 0 Å². The number of likely N-dealkylation sites (tertiary alicyclic amines) is 1. The Balaban J connectivity index is 2.08. The second-order valence-corrected chi connectivity index (χ2v) is 5.04. The van der Waals surface area contributed by atoms with Crippen molar-refractivity contribution in [2.45, 2.75) is 45.1 Å². The van der Waals surface area contributed by atoms with E-state index in [0.717, 1.165) is 19.0 Å². The number of unbranched alkanes of at least 4 members (excludes halogenated alkanes) is 3. The molecule has 1 fully saturated rings. The van der Waals surface area contributed by atoms with Gasteiger partial charge in [-0.1, -0.05) is 19.8 Å². The van der Waals surface area contributed by atoms with Crippen LogP contribution in [0.3, 0.4) is 0 Å². The van der Waals surface area contributed by atoms with Crippen molar-refractivity contribution in [1.82, 2.24) is 4.90 Å². The Hall–Kier alpha value is -0.120. The molecule has 0 aromatic heterocycles. The number of methoxy groups -OCH3 is 1. The summed E-state index contributed by atoms with van der Waals surface area (Å²) in [6.07, 6.45) is 6.82. The van der Waals surface area contributed by atoms with Gasteiger partial charge in [0.15, 0.2) is 0 Å². The fourth-order valence-corrected chi connectivity index (χ4v) is 2.44. The number of nitrogens with zero attached hydrogens (tertiary/aromatic N) is 1. The molecule has 2 N–H and O–H groups in total. The van der Waals surface area contributed by atoms with Crippen molar-refractivity contribution in [2.75, 3.05) is 33.3 Å². The summed E-state index contributed by atoms with van der Waals surface area (Å²) in [5.74, 6) is 0.721. The van der Waals surface area contributed by atoms with Crippen LogP contribution in [0.25, 0.3) is 0 Å². The third-order valence-electron chi connectivity index (χ3n) is 3.70. The van der Waals surface area contributed by atoms with E-state index in [2.05, 4.69) is 11.8 Å². The molecule has 0 spiro atoms. The van der Waals surface area contributed by atoms with Crippen LogP contribution >= 0.6 is 0 Å². The highest BCUT2D eigenvalue weighted by atomic mass is 16.5. The standard InChI is InChI=1S/C13H28N2O/c1-12-7-10-15(11-13(12)16-2)9-6-4-3-5-8-14/h12-13H,3-11,14H2,1-2H3. The van der Waals surface area contributed by atoms with Crippen LogP contribution in [-0.4, -0.2) is 44.3 Å². The van der Waals surface area contributed by atoms with Gasteiger partial charge >= 0.3 is 0 Å². The second-order valence-electron chi connectivity index (χ2n) is 5.04. The van der Waals surface area contributed by atoms with E-state index in [1.807, 2.05) is 7.11 Å². The summed E-state index contributed by atoms with van der Waals surface area (Å²) in [5.41, 5.74) is 5.48. The van der Waals surface area contributed by atoms with Gasteiger partial charge in [-0.25, -0.2) is 0 Å². The molecule has 1 heterocycles.